The first-order chi connectivity index (χ1) is 16.7. The number of aryl methyl sites for hydroxylation is 1. The molecule has 0 spiro atoms. The van der Waals surface area contributed by atoms with Gasteiger partial charge in [-0.05, 0) is 49.7 Å². The van der Waals surface area contributed by atoms with Crippen molar-refractivity contribution in [1.29, 1.82) is 0 Å². The van der Waals surface area contributed by atoms with Crippen molar-refractivity contribution in [2.24, 2.45) is 0 Å². The van der Waals surface area contributed by atoms with Crippen LogP contribution in [0, 0.1) is 13.8 Å². The van der Waals surface area contributed by atoms with E-state index < -0.39 is 36.8 Å². The summed E-state index contributed by atoms with van der Waals surface area (Å²) in [6, 6.07) is 15.4. The van der Waals surface area contributed by atoms with Crippen LogP contribution < -0.4 is 4.74 Å². The molecule has 0 aliphatic carbocycles. The number of Topliss-reactive ketones (excluding diaryl/α,β-unsaturated/α-hetero) is 1. The first-order valence-electron chi connectivity index (χ1n) is 10.7. The maximum Gasteiger partial charge on any atom is 0.387 e. The number of carbonyl (C=O) groups excluding carboxylic acids is 4. The fraction of sp³-hybridized carbons (Fsp3) is 0.200. The summed E-state index contributed by atoms with van der Waals surface area (Å²) in [4.78, 5) is 52.2. The van der Waals surface area contributed by atoms with E-state index in [2.05, 4.69) is 4.74 Å². The number of amides is 4. The zero-order valence-corrected chi connectivity index (χ0v) is 18.9. The molecule has 1 fully saturated rings. The van der Waals surface area contributed by atoms with Gasteiger partial charge in [-0.2, -0.15) is 8.78 Å². The Labute approximate surface area is 199 Å². The van der Waals surface area contributed by atoms with Crippen molar-refractivity contribution < 1.29 is 32.7 Å². The van der Waals surface area contributed by atoms with Crippen LogP contribution in [0.15, 0.2) is 60.7 Å². The van der Waals surface area contributed by atoms with Gasteiger partial charge in [-0.15, -0.1) is 0 Å². The lowest BCUT2D eigenvalue weighted by atomic mass is 10.1. The molecule has 1 aromatic heterocycles. The molecule has 2 aromatic carbocycles. The first-order valence-corrected chi connectivity index (χ1v) is 10.7. The Morgan fingerprint density at radius 3 is 2.17 bits per heavy atom. The highest BCUT2D eigenvalue weighted by atomic mass is 19.3. The summed E-state index contributed by atoms with van der Waals surface area (Å²) in [6.45, 7) is -0.157. The van der Waals surface area contributed by atoms with Gasteiger partial charge in [0, 0.05) is 22.6 Å². The molecule has 0 radical (unpaired) electrons. The Morgan fingerprint density at radius 2 is 1.54 bits per heavy atom. The summed E-state index contributed by atoms with van der Waals surface area (Å²) in [7, 11) is 0. The number of halogens is 2. The van der Waals surface area contributed by atoms with Crippen molar-refractivity contribution in [1.82, 2.24) is 14.4 Å². The lowest BCUT2D eigenvalue weighted by Gasteiger charge is -2.15. The van der Waals surface area contributed by atoms with Crippen LogP contribution in [0.3, 0.4) is 0 Å². The lowest BCUT2D eigenvalue weighted by Crippen LogP contribution is -2.37. The van der Waals surface area contributed by atoms with Crippen molar-refractivity contribution in [3.05, 3.63) is 83.2 Å². The highest BCUT2D eigenvalue weighted by Crippen LogP contribution is 2.25. The Hall–Kier alpha value is -4.34. The van der Waals surface area contributed by atoms with Crippen molar-refractivity contribution >= 4 is 23.6 Å². The molecule has 35 heavy (non-hydrogen) atoms. The van der Waals surface area contributed by atoms with E-state index in [0.717, 1.165) is 4.90 Å². The fourth-order valence-electron chi connectivity index (χ4n) is 4.04. The number of urea groups is 1. The fourth-order valence-corrected chi connectivity index (χ4v) is 4.04. The van der Waals surface area contributed by atoms with Crippen LogP contribution in [-0.2, 0) is 16.1 Å². The van der Waals surface area contributed by atoms with Crippen LogP contribution in [0.4, 0.5) is 13.6 Å². The second-order valence-electron chi connectivity index (χ2n) is 7.97. The van der Waals surface area contributed by atoms with Gasteiger partial charge in [0.15, 0.2) is 5.78 Å². The second-order valence-corrected chi connectivity index (χ2v) is 7.97. The molecule has 1 aliphatic heterocycles. The number of nitrogens with zero attached hydrogens (tertiary/aromatic N) is 3. The largest absolute Gasteiger partial charge is 0.435 e. The molecule has 4 rings (SSSR count). The molecular weight excluding hydrogens is 460 g/mol. The first kappa shape index (κ1) is 23.8. The van der Waals surface area contributed by atoms with Crippen LogP contribution in [0.1, 0.15) is 27.3 Å². The Balaban J connectivity index is 1.53. The molecule has 1 saturated heterocycles. The highest BCUT2D eigenvalue weighted by Gasteiger charge is 2.45. The number of carbonyl (C=O) groups is 4. The molecule has 0 unspecified atom stereocenters. The van der Waals surface area contributed by atoms with Gasteiger partial charge in [0.05, 0.1) is 13.1 Å². The number of ketones is 1. The predicted octanol–water partition coefficient (Wildman–Crippen LogP) is 3.87. The number of hydrogen-bond acceptors (Lipinski definition) is 5. The van der Waals surface area contributed by atoms with E-state index in [1.807, 2.05) is 0 Å². The zero-order chi connectivity index (χ0) is 25.3. The smallest absolute Gasteiger partial charge is 0.387 e. The van der Waals surface area contributed by atoms with Crippen LogP contribution in [0.2, 0.25) is 0 Å². The number of hydrogen-bond donors (Lipinski definition) is 0. The van der Waals surface area contributed by atoms with E-state index in [-0.39, 0.29) is 17.9 Å². The van der Waals surface area contributed by atoms with Gasteiger partial charge in [-0.25, -0.2) is 9.69 Å². The minimum Gasteiger partial charge on any atom is -0.435 e. The van der Waals surface area contributed by atoms with Crippen LogP contribution >= 0.6 is 0 Å². The summed E-state index contributed by atoms with van der Waals surface area (Å²) >= 11 is 0. The summed E-state index contributed by atoms with van der Waals surface area (Å²) in [5, 5.41) is 0. The normalized spacial score (nSPS) is 13.8. The van der Waals surface area contributed by atoms with Gasteiger partial charge < -0.3 is 9.30 Å². The minimum atomic E-state index is -2.94. The summed E-state index contributed by atoms with van der Waals surface area (Å²) < 4.78 is 30.9. The average Bonchev–Trinajstić information content (AvgIpc) is 3.23. The Kier molecular flexibility index (Phi) is 6.46. The summed E-state index contributed by atoms with van der Waals surface area (Å²) in [5.41, 5.74) is 2.75. The molecule has 0 bridgehead atoms. The van der Waals surface area contributed by atoms with Crippen molar-refractivity contribution in [2.75, 3.05) is 6.54 Å². The Morgan fingerprint density at radius 1 is 0.914 bits per heavy atom. The third-order valence-electron chi connectivity index (χ3n) is 5.67. The standard InChI is InChI=1S/C25H21F2N3O5/c1-15-12-20(16(2)30(15)18-8-10-19(11-9-18)35-24(26)27)21(31)14-29-23(33)22(32)28(25(29)34)13-17-6-4-3-5-7-17/h3-12,24H,13-14H2,1-2H3. The molecule has 0 saturated carbocycles. The van der Waals surface area contributed by atoms with E-state index in [4.69, 9.17) is 0 Å². The third-order valence-corrected chi connectivity index (χ3v) is 5.67. The molecule has 2 heterocycles. The highest BCUT2D eigenvalue weighted by molar-refractivity contribution is 6.45. The number of ether oxygens (including phenoxy) is 1. The number of benzene rings is 2. The van der Waals surface area contributed by atoms with E-state index in [1.54, 1.807) is 66.9 Å². The maximum atomic E-state index is 13.1. The van der Waals surface area contributed by atoms with Crippen LogP contribution in [0.5, 0.6) is 5.75 Å². The third kappa shape index (κ3) is 4.68. The molecule has 4 amide bonds. The number of imide groups is 2. The molecule has 1 aliphatic rings. The number of rotatable bonds is 8. The van der Waals surface area contributed by atoms with Gasteiger partial charge in [-0.1, -0.05) is 30.3 Å². The van der Waals surface area contributed by atoms with E-state index in [9.17, 15) is 28.0 Å². The molecule has 10 heteroatoms. The van der Waals surface area contributed by atoms with Gasteiger partial charge in [-0.3, -0.25) is 19.3 Å². The number of aromatic nitrogens is 1. The van der Waals surface area contributed by atoms with Gasteiger partial charge in [0.2, 0.25) is 0 Å². The quantitative estimate of drug-likeness (QED) is 0.277. The van der Waals surface area contributed by atoms with Gasteiger partial charge in [0.25, 0.3) is 0 Å². The van der Waals surface area contributed by atoms with Gasteiger partial charge >= 0.3 is 24.5 Å². The number of alkyl halides is 2. The maximum absolute atomic E-state index is 13.1. The average molecular weight is 481 g/mol. The predicted molar refractivity (Wildman–Crippen MR) is 120 cm³/mol. The van der Waals surface area contributed by atoms with E-state index >= 15 is 0 Å². The zero-order valence-electron chi connectivity index (χ0n) is 18.9. The lowest BCUT2D eigenvalue weighted by molar-refractivity contribution is -0.143. The molecule has 8 nitrogen and oxygen atoms in total. The van der Waals surface area contributed by atoms with Gasteiger partial charge in [0.1, 0.15) is 5.75 Å². The minimum absolute atomic E-state index is 0.00158. The van der Waals surface area contributed by atoms with Crippen LogP contribution in [-0.4, -0.2) is 51.2 Å². The molecule has 3 aromatic rings. The van der Waals surface area contributed by atoms with Crippen molar-refractivity contribution in [2.45, 2.75) is 27.0 Å². The second kappa shape index (κ2) is 9.49. The Bertz CT molecular complexity index is 1300. The van der Waals surface area contributed by atoms with Crippen molar-refractivity contribution in [3.8, 4) is 11.4 Å². The summed E-state index contributed by atoms with van der Waals surface area (Å²) in [6.07, 6.45) is 0. The molecule has 0 atom stereocenters. The monoisotopic (exact) mass is 481 g/mol. The molecular formula is C25H21F2N3O5. The topological polar surface area (TPSA) is 88.9 Å². The summed E-state index contributed by atoms with van der Waals surface area (Å²) in [5.74, 6) is -2.55. The van der Waals surface area contributed by atoms with Crippen LogP contribution in [0.25, 0.3) is 5.69 Å². The van der Waals surface area contributed by atoms with E-state index in [1.165, 1.54) is 12.1 Å². The van der Waals surface area contributed by atoms with E-state index in [0.29, 0.717) is 27.5 Å². The van der Waals surface area contributed by atoms with Crippen molar-refractivity contribution in [3.63, 3.8) is 0 Å². The SMILES string of the molecule is Cc1cc(C(=O)CN2C(=O)C(=O)N(Cc3ccccc3)C2=O)c(C)n1-c1ccc(OC(F)F)cc1. The molecule has 180 valence electrons. The molecule has 0 N–H and O–H groups in total.